The molecular weight excluding hydrogens is 398 g/mol. The zero-order chi connectivity index (χ0) is 21.3. The average Bonchev–Trinajstić information content (AvgIpc) is 3.20. The molecule has 0 saturated carbocycles. The lowest BCUT2D eigenvalue weighted by molar-refractivity contribution is 0.0953. The first-order chi connectivity index (χ1) is 14.5. The second kappa shape index (κ2) is 10.5. The number of aryl methyl sites for hydroxylation is 1. The van der Waals surface area contributed by atoms with E-state index in [1.54, 1.807) is 48.0 Å². The Labute approximate surface area is 180 Å². The Kier molecular flexibility index (Phi) is 7.51. The van der Waals surface area contributed by atoms with Gasteiger partial charge in [0.05, 0.1) is 10.7 Å². The lowest BCUT2D eigenvalue weighted by Gasteiger charge is -2.10. The van der Waals surface area contributed by atoms with Gasteiger partial charge in [-0.3, -0.25) is 9.78 Å². The maximum absolute atomic E-state index is 12.3. The normalized spacial score (nSPS) is 10.6. The number of rotatable bonds is 8. The Morgan fingerprint density at radius 1 is 1.07 bits per heavy atom. The minimum Gasteiger partial charge on any atom is -0.352 e. The van der Waals surface area contributed by atoms with Crippen LogP contribution in [0.2, 0.25) is 0 Å². The molecule has 0 atom stereocenters. The standard InChI is InChI=1S/C22H25N5O2S/c1-15(2)25-22(29)26-18-7-5-17(6-8-18)21(28)24-11-3-4-20-27-19(14-30-20)16-9-12-23-13-10-16/h5-10,12-15H,3-4,11H2,1-2H3,(H,24,28)(H2,25,26,29). The Morgan fingerprint density at radius 2 is 1.80 bits per heavy atom. The predicted molar refractivity (Wildman–Crippen MR) is 120 cm³/mol. The van der Waals surface area contributed by atoms with Crippen LogP contribution in [0.4, 0.5) is 10.5 Å². The topological polar surface area (TPSA) is 96.0 Å². The van der Waals surface area contributed by atoms with Crippen molar-refractivity contribution in [3.63, 3.8) is 0 Å². The summed E-state index contributed by atoms with van der Waals surface area (Å²) in [6, 6.07) is 10.5. The molecule has 0 spiro atoms. The van der Waals surface area contributed by atoms with E-state index >= 15 is 0 Å². The van der Waals surface area contributed by atoms with E-state index in [0.717, 1.165) is 29.1 Å². The number of hydrogen-bond acceptors (Lipinski definition) is 5. The van der Waals surface area contributed by atoms with Gasteiger partial charge in [0.1, 0.15) is 0 Å². The summed E-state index contributed by atoms with van der Waals surface area (Å²) < 4.78 is 0. The molecule has 8 heteroatoms. The molecule has 0 fully saturated rings. The highest BCUT2D eigenvalue weighted by atomic mass is 32.1. The monoisotopic (exact) mass is 423 g/mol. The number of nitrogens with one attached hydrogen (secondary N) is 3. The third kappa shape index (κ3) is 6.38. The number of amides is 3. The highest BCUT2D eigenvalue weighted by Gasteiger charge is 2.08. The SMILES string of the molecule is CC(C)NC(=O)Nc1ccc(C(=O)NCCCc2nc(-c3ccncc3)cs2)cc1. The second-order valence-electron chi connectivity index (χ2n) is 7.05. The van der Waals surface area contributed by atoms with E-state index in [1.165, 1.54) is 0 Å². The summed E-state index contributed by atoms with van der Waals surface area (Å²) in [4.78, 5) is 32.7. The number of carbonyl (C=O) groups is 2. The van der Waals surface area contributed by atoms with Gasteiger partial charge in [0.15, 0.2) is 0 Å². The number of carbonyl (C=O) groups excluding carboxylic acids is 2. The number of benzene rings is 1. The maximum Gasteiger partial charge on any atom is 0.319 e. The van der Waals surface area contributed by atoms with Crippen molar-refractivity contribution in [1.29, 1.82) is 0 Å². The molecular formula is C22H25N5O2S. The number of hydrogen-bond donors (Lipinski definition) is 3. The molecule has 30 heavy (non-hydrogen) atoms. The van der Waals surface area contributed by atoms with Crippen LogP contribution in [-0.4, -0.2) is 34.5 Å². The molecule has 3 N–H and O–H groups in total. The summed E-state index contributed by atoms with van der Waals surface area (Å²) in [6.45, 7) is 4.35. The van der Waals surface area contributed by atoms with Gasteiger partial charge < -0.3 is 16.0 Å². The largest absolute Gasteiger partial charge is 0.352 e. The van der Waals surface area contributed by atoms with Gasteiger partial charge in [-0.15, -0.1) is 11.3 Å². The third-order valence-electron chi connectivity index (χ3n) is 4.21. The van der Waals surface area contributed by atoms with Crippen molar-refractivity contribution in [3.05, 3.63) is 64.7 Å². The quantitative estimate of drug-likeness (QED) is 0.475. The van der Waals surface area contributed by atoms with Crippen LogP contribution < -0.4 is 16.0 Å². The number of nitrogens with zero attached hydrogens (tertiary/aromatic N) is 2. The fourth-order valence-electron chi connectivity index (χ4n) is 2.76. The molecule has 7 nitrogen and oxygen atoms in total. The number of anilines is 1. The minimum atomic E-state index is -0.267. The van der Waals surface area contributed by atoms with Crippen molar-refractivity contribution < 1.29 is 9.59 Å². The van der Waals surface area contributed by atoms with Crippen LogP contribution >= 0.6 is 11.3 Å². The molecule has 156 valence electrons. The minimum absolute atomic E-state index is 0.0571. The van der Waals surface area contributed by atoms with Gasteiger partial charge in [-0.25, -0.2) is 9.78 Å². The summed E-state index contributed by atoms with van der Waals surface area (Å²) >= 11 is 1.63. The van der Waals surface area contributed by atoms with E-state index in [-0.39, 0.29) is 18.0 Å². The molecule has 3 aromatic rings. The smallest absolute Gasteiger partial charge is 0.319 e. The van der Waals surface area contributed by atoms with Gasteiger partial charge in [-0.2, -0.15) is 0 Å². The molecule has 3 rings (SSSR count). The lowest BCUT2D eigenvalue weighted by atomic mass is 10.2. The summed E-state index contributed by atoms with van der Waals surface area (Å²) in [7, 11) is 0. The highest BCUT2D eigenvalue weighted by molar-refractivity contribution is 7.09. The number of urea groups is 1. The van der Waals surface area contributed by atoms with Gasteiger partial charge in [0.25, 0.3) is 5.91 Å². The average molecular weight is 424 g/mol. The Bertz CT molecular complexity index is 971. The first-order valence-electron chi connectivity index (χ1n) is 9.82. The first-order valence-corrected chi connectivity index (χ1v) is 10.7. The fourth-order valence-corrected chi connectivity index (χ4v) is 3.61. The van der Waals surface area contributed by atoms with Gasteiger partial charge in [0, 0.05) is 53.6 Å². The molecule has 0 aliphatic carbocycles. The van der Waals surface area contributed by atoms with Gasteiger partial charge in [-0.05, 0) is 56.7 Å². The Hall–Kier alpha value is -3.26. The van der Waals surface area contributed by atoms with Crippen molar-refractivity contribution in [1.82, 2.24) is 20.6 Å². The van der Waals surface area contributed by atoms with Gasteiger partial charge >= 0.3 is 6.03 Å². The molecule has 3 amide bonds. The molecule has 0 aliphatic heterocycles. The van der Waals surface area contributed by atoms with E-state index in [4.69, 9.17) is 0 Å². The zero-order valence-electron chi connectivity index (χ0n) is 17.0. The van der Waals surface area contributed by atoms with Crippen molar-refractivity contribution in [2.75, 3.05) is 11.9 Å². The number of pyridine rings is 1. The zero-order valence-corrected chi connectivity index (χ0v) is 17.8. The van der Waals surface area contributed by atoms with Gasteiger partial charge in [-0.1, -0.05) is 0 Å². The fraction of sp³-hybridized carbons (Fsp3) is 0.273. The van der Waals surface area contributed by atoms with Crippen molar-refractivity contribution in [2.45, 2.75) is 32.7 Å². The van der Waals surface area contributed by atoms with Crippen molar-refractivity contribution >= 4 is 29.0 Å². The molecule has 0 unspecified atom stereocenters. The van der Waals surface area contributed by atoms with Crippen LogP contribution in [0.3, 0.4) is 0 Å². The molecule has 0 saturated heterocycles. The van der Waals surface area contributed by atoms with E-state index < -0.39 is 0 Å². The lowest BCUT2D eigenvalue weighted by Crippen LogP contribution is -2.34. The van der Waals surface area contributed by atoms with Crippen molar-refractivity contribution in [3.8, 4) is 11.3 Å². The molecule has 0 radical (unpaired) electrons. The van der Waals surface area contributed by atoms with E-state index in [0.29, 0.717) is 17.8 Å². The second-order valence-corrected chi connectivity index (χ2v) is 7.99. The molecule has 2 heterocycles. The summed E-state index contributed by atoms with van der Waals surface area (Å²) in [5, 5.41) is 11.5. The van der Waals surface area contributed by atoms with E-state index in [9.17, 15) is 9.59 Å². The van der Waals surface area contributed by atoms with E-state index in [1.807, 2.05) is 31.4 Å². The van der Waals surface area contributed by atoms with Crippen LogP contribution in [0, 0.1) is 0 Å². The van der Waals surface area contributed by atoms with Crippen LogP contribution in [-0.2, 0) is 6.42 Å². The summed E-state index contributed by atoms with van der Waals surface area (Å²) in [5.41, 5.74) is 3.20. The van der Waals surface area contributed by atoms with Crippen LogP contribution in [0.1, 0.15) is 35.6 Å². The highest BCUT2D eigenvalue weighted by Crippen LogP contribution is 2.21. The van der Waals surface area contributed by atoms with Crippen LogP contribution in [0.15, 0.2) is 54.2 Å². The van der Waals surface area contributed by atoms with Crippen LogP contribution in [0.25, 0.3) is 11.3 Å². The number of thiazole rings is 1. The number of aromatic nitrogens is 2. The summed E-state index contributed by atoms with van der Waals surface area (Å²) in [6.07, 6.45) is 5.13. The first kappa shape index (κ1) is 21.4. The Balaban J connectivity index is 1.41. The summed E-state index contributed by atoms with van der Waals surface area (Å²) in [5.74, 6) is -0.134. The molecule has 0 aliphatic rings. The van der Waals surface area contributed by atoms with Gasteiger partial charge in [0.2, 0.25) is 0 Å². The van der Waals surface area contributed by atoms with Crippen molar-refractivity contribution in [2.24, 2.45) is 0 Å². The van der Waals surface area contributed by atoms with Crippen LogP contribution in [0.5, 0.6) is 0 Å². The maximum atomic E-state index is 12.3. The molecule has 1 aromatic carbocycles. The molecule has 2 aromatic heterocycles. The third-order valence-corrected chi connectivity index (χ3v) is 5.11. The molecule has 0 bridgehead atoms. The van der Waals surface area contributed by atoms with E-state index in [2.05, 4.69) is 25.9 Å². The Morgan fingerprint density at radius 3 is 2.50 bits per heavy atom. The predicted octanol–water partition coefficient (Wildman–Crippen LogP) is 4.10.